The van der Waals surface area contributed by atoms with E-state index < -0.39 is 10.5 Å². The van der Waals surface area contributed by atoms with Gasteiger partial charge in [-0.05, 0) is 11.5 Å². The van der Waals surface area contributed by atoms with Crippen LogP contribution in [0.4, 0.5) is 11.4 Å². The normalized spacial score (nSPS) is 15.2. The lowest BCUT2D eigenvalue weighted by atomic mass is 10.0. The van der Waals surface area contributed by atoms with Gasteiger partial charge in [-0.25, -0.2) is 10.4 Å². The summed E-state index contributed by atoms with van der Waals surface area (Å²) < 4.78 is 0. The van der Waals surface area contributed by atoms with E-state index in [4.69, 9.17) is 22.0 Å². The smallest absolute Gasteiger partial charge is 0.189 e. The second-order valence-electron chi connectivity index (χ2n) is 3.69. The van der Waals surface area contributed by atoms with E-state index in [-0.39, 0.29) is 22.3 Å². The highest BCUT2D eigenvalue weighted by atomic mass is 35.5. The highest BCUT2D eigenvalue weighted by molar-refractivity contribution is 6.33. The summed E-state index contributed by atoms with van der Waals surface area (Å²) in [5.74, 6) is -0.0371. The number of rotatable bonds is 3. The van der Waals surface area contributed by atoms with E-state index in [1.54, 1.807) is 0 Å². The maximum atomic E-state index is 10.9. The van der Waals surface area contributed by atoms with Gasteiger partial charge in [-0.15, -0.1) is 0 Å². The highest BCUT2D eigenvalue weighted by Gasteiger charge is 2.19. The van der Waals surface area contributed by atoms with Crippen molar-refractivity contribution in [3.63, 3.8) is 0 Å². The predicted octanol–water partition coefficient (Wildman–Crippen LogP) is 0.270. The molecule has 0 radical (unpaired) electrons. The van der Waals surface area contributed by atoms with Gasteiger partial charge in [-0.1, -0.05) is 25.4 Å². The van der Waals surface area contributed by atoms with Crippen LogP contribution in [0.1, 0.15) is 25.3 Å². The van der Waals surface area contributed by atoms with Crippen LogP contribution in [-0.2, 0) is 0 Å². The molecule has 0 aliphatic rings. The fraction of sp³-hybridized carbons (Fsp3) is 0.333. The number of hydrogen-bond donors (Lipinski definition) is 4. The van der Waals surface area contributed by atoms with Crippen molar-refractivity contribution in [2.24, 2.45) is 0 Å². The Morgan fingerprint density at radius 3 is 2.12 bits per heavy atom. The van der Waals surface area contributed by atoms with Crippen molar-refractivity contribution < 1.29 is 20.9 Å². The quantitative estimate of drug-likeness (QED) is 0.578. The number of quaternary nitrogens is 2. The van der Waals surface area contributed by atoms with E-state index in [0.29, 0.717) is 5.56 Å². The molecule has 0 aliphatic carbocycles. The third-order valence-electron chi connectivity index (χ3n) is 2.20. The fourth-order valence-electron chi connectivity index (χ4n) is 1.35. The average Bonchev–Trinajstić information content (AvgIpc) is 2.16. The molecule has 1 rings (SSSR count). The zero-order chi connectivity index (χ0) is 12.5. The zero-order valence-electron chi connectivity index (χ0n) is 8.82. The summed E-state index contributed by atoms with van der Waals surface area (Å²) in [6.45, 7) is 3.64. The van der Waals surface area contributed by atoms with Crippen molar-refractivity contribution in [2.45, 2.75) is 19.8 Å². The molecule has 0 bridgehead atoms. The maximum absolute atomic E-state index is 10.9. The Hall–Kier alpha value is -0.730. The van der Waals surface area contributed by atoms with Gasteiger partial charge in [-0.3, -0.25) is 0 Å². The van der Waals surface area contributed by atoms with Gasteiger partial charge in [-0.2, -0.15) is 10.5 Å². The van der Waals surface area contributed by atoms with Crippen LogP contribution in [0.25, 0.3) is 0 Å². The third-order valence-corrected chi connectivity index (χ3v) is 2.62. The van der Waals surface area contributed by atoms with E-state index in [9.17, 15) is 10.4 Å². The van der Waals surface area contributed by atoms with Gasteiger partial charge in [0.15, 0.2) is 11.4 Å². The minimum absolute atomic E-state index is 0.0371. The van der Waals surface area contributed by atoms with Gasteiger partial charge in [0.25, 0.3) is 0 Å². The summed E-state index contributed by atoms with van der Waals surface area (Å²) in [6, 6.07) is 2.47. The van der Waals surface area contributed by atoms with E-state index in [0.717, 1.165) is 6.07 Å². The molecule has 0 amide bonds. The van der Waals surface area contributed by atoms with Crippen LogP contribution in [0.2, 0.25) is 5.02 Å². The standard InChI is InChI=1S/C9H13ClN2O4/c1-5(2)7-3-6(11(13)14)4-8(9(7)10)12(15)16/h3-5,11-13,15H,1-2H3. The van der Waals surface area contributed by atoms with Crippen LogP contribution in [0, 0.1) is 10.4 Å². The minimum atomic E-state index is -1.23. The van der Waals surface area contributed by atoms with E-state index in [1.165, 1.54) is 6.07 Å². The number of benzene rings is 1. The molecule has 7 heteroatoms. The lowest BCUT2D eigenvalue weighted by molar-refractivity contribution is -0.996. The molecule has 2 atom stereocenters. The second kappa shape index (κ2) is 5.07. The topological polar surface area (TPSA) is 95.5 Å². The minimum Gasteiger partial charge on any atom is -0.595 e. The average molecular weight is 249 g/mol. The molecule has 2 unspecified atom stereocenters. The molecule has 0 spiro atoms. The molecule has 0 saturated heterocycles. The predicted molar refractivity (Wildman–Crippen MR) is 57.1 cm³/mol. The Kier molecular flexibility index (Phi) is 4.22. The Bertz CT molecular complexity index is 353. The lowest BCUT2D eigenvalue weighted by Crippen LogP contribution is -3.01. The third kappa shape index (κ3) is 2.69. The molecule has 0 heterocycles. The lowest BCUT2D eigenvalue weighted by Gasteiger charge is -2.20. The highest BCUT2D eigenvalue weighted by Crippen LogP contribution is 2.31. The van der Waals surface area contributed by atoms with Gasteiger partial charge in [0.2, 0.25) is 0 Å². The van der Waals surface area contributed by atoms with Gasteiger partial charge in [0, 0.05) is 6.07 Å². The van der Waals surface area contributed by atoms with Gasteiger partial charge in [0.05, 0.1) is 6.07 Å². The summed E-state index contributed by atoms with van der Waals surface area (Å²) in [5.41, 5.74) is 0.287. The molecule has 1 aromatic carbocycles. The summed E-state index contributed by atoms with van der Waals surface area (Å²) >= 11 is 5.90. The van der Waals surface area contributed by atoms with Crippen molar-refractivity contribution in [1.82, 2.24) is 0 Å². The van der Waals surface area contributed by atoms with Crippen LogP contribution >= 0.6 is 11.6 Å². The van der Waals surface area contributed by atoms with Crippen LogP contribution in [-0.4, -0.2) is 10.4 Å². The first-order chi connectivity index (χ1) is 7.34. The molecule has 0 fully saturated rings. The Morgan fingerprint density at radius 1 is 1.19 bits per heavy atom. The largest absolute Gasteiger partial charge is 0.595 e. The molecule has 0 saturated carbocycles. The van der Waals surface area contributed by atoms with E-state index in [2.05, 4.69) is 0 Å². The number of hydrogen-bond acceptors (Lipinski definition) is 4. The van der Waals surface area contributed by atoms with Crippen molar-refractivity contribution in [1.29, 1.82) is 0 Å². The maximum Gasteiger partial charge on any atom is 0.189 e. The molecule has 6 nitrogen and oxygen atoms in total. The molecule has 1 aromatic rings. The van der Waals surface area contributed by atoms with E-state index >= 15 is 0 Å². The van der Waals surface area contributed by atoms with Gasteiger partial charge in [0.1, 0.15) is 5.02 Å². The molecule has 0 aromatic heterocycles. The van der Waals surface area contributed by atoms with Crippen molar-refractivity contribution in [3.05, 3.63) is 33.1 Å². The van der Waals surface area contributed by atoms with Gasteiger partial charge < -0.3 is 10.4 Å². The second-order valence-corrected chi connectivity index (χ2v) is 4.07. The number of halogens is 1. The first-order valence-corrected chi connectivity index (χ1v) is 5.02. The first-order valence-electron chi connectivity index (χ1n) is 4.64. The Labute approximate surface area is 97.3 Å². The first kappa shape index (κ1) is 13.3. The Balaban J connectivity index is 3.39. The summed E-state index contributed by atoms with van der Waals surface area (Å²) in [4.78, 5) is 0. The molecule has 16 heavy (non-hydrogen) atoms. The van der Waals surface area contributed by atoms with Gasteiger partial charge >= 0.3 is 0 Å². The molecule has 4 N–H and O–H groups in total. The molecule has 90 valence electrons. The molecule has 0 aliphatic heterocycles. The zero-order valence-corrected chi connectivity index (χ0v) is 9.58. The van der Waals surface area contributed by atoms with Crippen LogP contribution in [0.3, 0.4) is 0 Å². The van der Waals surface area contributed by atoms with E-state index in [1.807, 2.05) is 13.8 Å². The Morgan fingerprint density at radius 2 is 1.75 bits per heavy atom. The van der Waals surface area contributed by atoms with Crippen LogP contribution in [0.15, 0.2) is 12.1 Å². The van der Waals surface area contributed by atoms with Crippen LogP contribution < -0.4 is 10.5 Å². The van der Waals surface area contributed by atoms with Crippen molar-refractivity contribution in [3.8, 4) is 0 Å². The summed E-state index contributed by atoms with van der Waals surface area (Å²) in [6.07, 6.45) is 0. The SMILES string of the molecule is CC(C)c1cc([NH+]([O-])O)cc([NH+]([O-])O)c1Cl. The number of nitrogens with one attached hydrogen (secondary N) is 2. The summed E-state index contributed by atoms with van der Waals surface area (Å²) in [7, 11) is 0. The van der Waals surface area contributed by atoms with Crippen molar-refractivity contribution >= 4 is 23.0 Å². The van der Waals surface area contributed by atoms with Crippen LogP contribution in [0.5, 0.6) is 0 Å². The molecular formula is C9H13ClN2O4. The summed E-state index contributed by atoms with van der Waals surface area (Å²) in [5, 5.41) is 37.2. The monoisotopic (exact) mass is 248 g/mol. The molecular weight excluding hydrogens is 236 g/mol. The van der Waals surface area contributed by atoms with Crippen molar-refractivity contribution in [2.75, 3.05) is 0 Å². The fourth-order valence-corrected chi connectivity index (χ4v) is 1.75.